The first-order chi connectivity index (χ1) is 6.52. The molecule has 6 heteroatoms. The molecule has 1 amide bonds. The van der Waals surface area contributed by atoms with Gasteiger partial charge in [-0.25, -0.2) is 8.78 Å². The van der Waals surface area contributed by atoms with E-state index in [1.807, 2.05) is 0 Å². The minimum Gasteiger partial charge on any atom is -0.530 e. The summed E-state index contributed by atoms with van der Waals surface area (Å²) in [7, 11) is 0. The Morgan fingerprint density at radius 2 is 2.21 bits per heavy atom. The number of rotatable bonds is 0. The SMILES string of the molecule is O=C([O-])N1C2CCC(F)(F)C1COC2. The summed E-state index contributed by atoms with van der Waals surface area (Å²) in [6.07, 6.45) is -1.66. The average Bonchev–Trinajstić information content (AvgIpc) is 2.12. The maximum absolute atomic E-state index is 13.3. The van der Waals surface area contributed by atoms with Crippen molar-refractivity contribution in [2.24, 2.45) is 0 Å². The first kappa shape index (κ1) is 9.64. The van der Waals surface area contributed by atoms with Crippen LogP contribution in [0.2, 0.25) is 0 Å². The summed E-state index contributed by atoms with van der Waals surface area (Å²) in [6, 6.07) is -1.82. The maximum atomic E-state index is 13.3. The predicted molar refractivity (Wildman–Crippen MR) is 39.8 cm³/mol. The molecular weight excluding hydrogens is 196 g/mol. The summed E-state index contributed by atoms with van der Waals surface area (Å²) in [5.41, 5.74) is 0. The topological polar surface area (TPSA) is 52.6 Å². The molecule has 0 saturated carbocycles. The van der Waals surface area contributed by atoms with E-state index in [2.05, 4.69) is 0 Å². The molecule has 80 valence electrons. The molecule has 14 heavy (non-hydrogen) atoms. The van der Waals surface area contributed by atoms with Crippen molar-refractivity contribution in [3.63, 3.8) is 0 Å². The number of hydrogen-bond acceptors (Lipinski definition) is 3. The fourth-order valence-corrected chi connectivity index (χ4v) is 2.08. The summed E-state index contributed by atoms with van der Waals surface area (Å²) in [4.78, 5) is 11.4. The van der Waals surface area contributed by atoms with Crippen molar-refractivity contribution in [2.45, 2.75) is 30.8 Å². The monoisotopic (exact) mass is 206 g/mol. The standard InChI is InChI=1S/C8H11F2NO3/c9-8(10)2-1-5-3-14-4-6(8)11(5)7(12)13/h5-6H,1-4H2,(H,12,13)/p-1. The fourth-order valence-electron chi connectivity index (χ4n) is 2.08. The summed E-state index contributed by atoms with van der Waals surface area (Å²) < 4.78 is 31.5. The lowest BCUT2D eigenvalue weighted by molar-refractivity contribution is -0.290. The lowest BCUT2D eigenvalue weighted by atomic mass is 9.91. The van der Waals surface area contributed by atoms with Crippen LogP contribution in [0.3, 0.4) is 0 Å². The van der Waals surface area contributed by atoms with Gasteiger partial charge in [0.2, 0.25) is 0 Å². The van der Waals surface area contributed by atoms with Crippen LogP contribution in [-0.2, 0) is 4.74 Å². The molecule has 2 bridgehead atoms. The third-order valence-corrected chi connectivity index (χ3v) is 2.82. The summed E-state index contributed by atoms with van der Waals surface area (Å²) >= 11 is 0. The number of nitrogens with zero attached hydrogens (tertiary/aromatic N) is 1. The molecule has 2 unspecified atom stereocenters. The van der Waals surface area contributed by atoms with Crippen LogP contribution in [0, 0.1) is 0 Å². The molecule has 2 atom stereocenters. The second-order valence-electron chi connectivity index (χ2n) is 3.68. The Balaban J connectivity index is 2.26. The Morgan fingerprint density at radius 1 is 1.50 bits per heavy atom. The number of carbonyl (C=O) groups excluding carboxylic acids is 1. The predicted octanol–water partition coefficient (Wildman–Crippen LogP) is -0.172. The Labute approximate surface area is 79.4 Å². The number of amides is 1. The second kappa shape index (κ2) is 3.05. The average molecular weight is 206 g/mol. The highest BCUT2D eigenvalue weighted by molar-refractivity contribution is 5.64. The van der Waals surface area contributed by atoms with Gasteiger partial charge in [-0.2, -0.15) is 0 Å². The van der Waals surface area contributed by atoms with E-state index in [9.17, 15) is 18.7 Å². The van der Waals surface area contributed by atoms with Gasteiger partial charge in [-0.1, -0.05) is 0 Å². The van der Waals surface area contributed by atoms with Gasteiger partial charge in [-0.05, 0) is 6.42 Å². The van der Waals surface area contributed by atoms with Gasteiger partial charge >= 0.3 is 0 Å². The molecule has 2 fully saturated rings. The van der Waals surface area contributed by atoms with Crippen molar-refractivity contribution in [3.05, 3.63) is 0 Å². The highest BCUT2D eigenvalue weighted by atomic mass is 19.3. The number of fused-ring (bicyclic) bond motifs is 2. The number of ether oxygens (including phenoxy) is 1. The molecule has 0 N–H and O–H groups in total. The van der Waals surface area contributed by atoms with Crippen molar-refractivity contribution in [1.29, 1.82) is 0 Å². The minimum atomic E-state index is -2.99. The third kappa shape index (κ3) is 1.33. The number of carboxylic acid groups (broad SMARTS) is 1. The van der Waals surface area contributed by atoms with Crippen molar-refractivity contribution in [2.75, 3.05) is 13.2 Å². The molecule has 2 aliphatic heterocycles. The first-order valence-electron chi connectivity index (χ1n) is 4.47. The summed E-state index contributed by atoms with van der Waals surface area (Å²) in [5.74, 6) is -2.99. The van der Waals surface area contributed by atoms with E-state index in [0.717, 1.165) is 4.90 Å². The molecule has 0 aromatic carbocycles. The van der Waals surface area contributed by atoms with Crippen LogP contribution in [0.5, 0.6) is 0 Å². The maximum Gasteiger partial charge on any atom is 0.270 e. The Kier molecular flexibility index (Phi) is 2.10. The van der Waals surface area contributed by atoms with Crippen LogP contribution >= 0.6 is 0 Å². The first-order valence-corrected chi connectivity index (χ1v) is 4.47. The summed E-state index contributed by atoms with van der Waals surface area (Å²) in [6.45, 7) is -0.0436. The molecule has 4 nitrogen and oxygen atoms in total. The van der Waals surface area contributed by atoms with Crippen LogP contribution in [0.4, 0.5) is 13.6 Å². The van der Waals surface area contributed by atoms with Crippen LogP contribution < -0.4 is 5.11 Å². The number of hydrogen-bond donors (Lipinski definition) is 0. The Morgan fingerprint density at radius 3 is 2.79 bits per heavy atom. The molecule has 2 heterocycles. The minimum absolute atomic E-state index is 0.136. The van der Waals surface area contributed by atoms with Gasteiger partial charge in [-0.15, -0.1) is 0 Å². The molecule has 0 aliphatic carbocycles. The highest BCUT2D eigenvalue weighted by Gasteiger charge is 2.51. The fraction of sp³-hybridized carbons (Fsp3) is 0.875. The number of alkyl halides is 2. The van der Waals surface area contributed by atoms with Gasteiger partial charge in [0.25, 0.3) is 5.92 Å². The van der Waals surface area contributed by atoms with E-state index in [4.69, 9.17) is 4.74 Å². The van der Waals surface area contributed by atoms with Crippen LogP contribution in [0.25, 0.3) is 0 Å². The van der Waals surface area contributed by atoms with Crippen molar-refractivity contribution >= 4 is 6.09 Å². The molecule has 0 radical (unpaired) electrons. The number of morpholine rings is 1. The zero-order chi connectivity index (χ0) is 10.3. The smallest absolute Gasteiger partial charge is 0.270 e. The zero-order valence-corrected chi connectivity index (χ0v) is 7.41. The van der Waals surface area contributed by atoms with E-state index in [1.165, 1.54) is 0 Å². The van der Waals surface area contributed by atoms with Crippen LogP contribution in [0.1, 0.15) is 12.8 Å². The largest absolute Gasteiger partial charge is 0.530 e. The summed E-state index contributed by atoms with van der Waals surface area (Å²) in [5, 5.41) is 10.7. The van der Waals surface area contributed by atoms with E-state index in [-0.39, 0.29) is 26.1 Å². The lowest BCUT2D eigenvalue weighted by Crippen LogP contribution is -2.67. The molecule has 0 spiro atoms. The Bertz CT molecular complexity index is 259. The van der Waals surface area contributed by atoms with E-state index in [0.29, 0.717) is 0 Å². The van der Waals surface area contributed by atoms with Crippen molar-refractivity contribution < 1.29 is 23.4 Å². The van der Waals surface area contributed by atoms with Gasteiger partial charge in [0, 0.05) is 6.42 Å². The lowest BCUT2D eigenvalue weighted by Gasteiger charge is -2.50. The van der Waals surface area contributed by atoms with E-state index < -0.39 is 24.1 Å². The van der Waals surface area contributed by atoms with Crippen LogP contribution in [0.15, 0.2) is 0 Å². The molecule has 2 saturated heterocycles. The normalized spacial score (nSPS) is 35.4. The number of halogens is 2. The van der Waals surface area contributed by atoms with Gasteiger partial charge in [-0.3, -0.25) is 0 Å². The quantitative estimate of drug-likeness (QED) is 0.552. The van der Waals surface area contributed by atoms with Gasteiger partial charge in [0.05, 0.1) is 19.3 Å². The highest BCUT2D eigenvalue weighted by Crippen LogP contribution is 2.38. The van der Waals surface area contributed by atoms with E-state index in [1.54, 1.807) is 0 Å². The van der Waals surface area contributed by atoms with Gasteiger partial charge < -0.3 is 19.5 Å². The molecule has 0 aromatic rings. The van der Waals surface area contributed by atoms with E-state index >= 15 is 0 Å². The molecule has 2 aliphatic rings. The molecular formula is C8H10F2NO3-. The molecule has 2 rings (SSSR count). The third-order valence-electron chi connectivity index (χ3n) is 2.82. The van der Waals surface area contributed by atoms with Crippen LogP contribution in [-0.4, -0.2) is 42.2 Å². The number of piperidine rings is 1. The molecule has 0 aromatic heterocycles. The number of carbonyl (C=O) groups is 1. The van der Waals surface area contributed by atoms with Gasteiger partial charge in [0.15, 0.2) is 0 Å². The van der Waals surface area contributed by atoms with Crippen molar-refractivity contribution in [1.82, 2.24) is 4.90 Å². The second-order valence-corrected chi connectivity index (χ2v) is 3.68. The van der Waals surface area contributed by atoms with Gasteiger partial charge in [0.1, 0.15) is 12.1 Å². The zero-order valence-electron chi connectivity index (χ0n) is 7.41. The van der Waals surface area contributed by atoms with Crippen molar-refractivity contribution in [3.8, 4) is 0 Å². The Hall–Kier alpha value is -0.910.